The maximum Gasteiger partial charge on any atom is 0.239 e. The van der Waals surface area contributed by atoms with Crippen LogP contribution in [0.4, 0.5) is 5.69 Å². The zero-order valence-corrected chi connectivity index (χ0v) is 17.2. The van der Waals surface area contributed by atoms with Crippen LogP contribution in [0.1, 0.15) is 32.4 Å². The molecule has 4 aliphatic rings. The molecule has 5 rings (SSSR count). The number of anilines is 1. The first-order valence-corrected chi connectivity index (χ1v) is 10.4. The number of rotatable bonds is 2. The number of nitriles is 1. The molecule has 142 valence electrons. The zero-order valence-electron chi connectivity index (χ0n) is 15.6. The normalized spacial score (nSPS) is 37.0. The van der Waals surface area contributed by atoms with Crippen LogP contribution < -0.4 is 4.90 Å². The van der Waals surface area contributed by atoms with Gasteiger partial charge in [-0.25, -0.2) is 0 Å². The van der Waals surface area contributed by atoms with Gasteiger partial charge in [0.25, 0.3) is 0 Å². The van der Waals surface area contributed by atoms with Crippen molar-refractivity contribution in [1.29, 1.82) is 5.26 Å². The molecular weight excluding hydrogens is 408 g/mol. The van der Waals surface area contributed by atoms with E-state index in [1.54, 1.807) is 6.20 Å². The van der Waals surface area contributed by atoms with Crippen LogP contribution in [0.15, 0.2) is 16.7 Å². The standard InChI is InChI=1S/C20H23BrN4O2/c1-19(2)17-16(3-14(21)6-23-17)25(18(19)26)15-4-20(5-15,11-22)24-7-12-9-27-10-13(12)8-24/h3,6,12-13,15H,4-5,7-10H2,1-2H3/t12-,13?,15?,20?/m0/s1. The minimum atomic E-state index is -0.622. The molecule has 0 N–H and O–H groups in total. The van der Waals surface area contributed by atoms with Crippen LogP contribution in [-0.2, 0) is 14.9 Å². The molecule has 1 aliphatic carbocycles. The van der Waals surface area contributed by atoms with Crippen molar-refractivity contribution in [3.8, 4) is 6.07 Å². The van der Waals surface area contributed by atoms with Gasteiger partial charge >= 0.3 is 0 Å². The molecule has 3 fully saturated rings. The van der Waals surface area contributed by atoms with E-state index in [2.05, 4.69) is 31.9 Å². The molecule has 1 unspecified atom stereocenters. The zero-order chi connectivity index (χ0) is 19.0. The van der Waals surface area contributed by atoms with Crippen molar-refractivity contribution >= 4 is 27.5 Å². The van der Waals surface area contributed by atoms with Gasteiger partial charge in [0.05, 0.1) is 36.1 Å². The second-order valence-electron chi connectivity index (χ2n) is 8.99. The Hall–Kier alpha value is -1.49. The average molecular weight is 431 g/mol. The van der Waals surface area contributed by atoms with E-state index in [9.17, 15) is 10.1 Å². The Morgan fingerprint density at radius 2 is 1.96 bits per heavy atom. The Balaban J connectivity index is 1.40. The second kappa shape index (κ2) is 5.76. The molecule has 2 atom stereocenters. The SMILES string of the molecule is CC1(C)C(=O)N(C2CC(C#N)(N3CC4COC[C@@H]4C3)C2)c2cc(Br)cnc21. The summed E-state index contributed by atoms with van der Waals surface area (Å²) in [6, 6.07) is 4.64. The molecule has 0 bridgehead atoms. The van der Waals surface area contributed by atoms with E-state index < -0.39 is 11.0 Å². The molecule has 2 saturated heterocycles. The van der Waals surface area contributed by atoms with Crippen molar-refractivity contribution in [3.63, 3.8) is 0 Å². The molecule has 3 aliphatic heterocycles. The van der Waals surface area contributed by atoms with Gasteiger partial charge in [-0.2, -0.15) is 5.26 Å². The van der Waals surface area contributed by atoms with Crippen LogP contribution in [-0.4, -0.2) is 53.7 Å². The van der Waals surface area contributed by atoms with Gasteiger partial charge in [-0.1, -0.05) is 0 Å². The first-order valence-electron chi connectivity index (χ1n) is 9.59. The number of amides is 1. The summed E-state index contributed by atoms with van der Waals surface area (Å²) in [5.41, 5.74) is 0.658. The Kier molecular flexibility index (Phi) is 3.75. The Labute approximate surface area is 167 Å². The molecule has 6 nitrogen and oxygen atoms in total. The van der Waals surface area contributed by atoms with Crippen LogP contribution in [0.2, 0.25) is 0 Å². The highest BCUT2D eigenvalue weighted by Gasteiger charge is 2.58. The lowest BCUT2D eigenvalue weighted by atomic mass is 9.71. The van der Waals surface area contributed by atoms with Crippen LogP contribution in [0.3, 0.4) is 0 Å². The molecular formula is C20H23BrN4O2. The van der Waals surface area contributed by atoms with Crippen molar-refractivity contribution in [3.05, 3.63) is 22.4 Å². The summed E-state index contributed by atoms with van der Waals surface area (Å²) < 4.78 is 6.44. The van der Waals surface area contributed by atoms with Gasteiger partial charge in [-0.3, -0.25) is 14.7 Å². The third-order valence-corrected chi connectivity index (χ3v) is 7.44. The predicted octanol–water partition coefficient (Wildman–Crippen LogP) is 2.47. The van der Waals surface area contributed by atoms with E-state index in [0.717, 1.165) is 42.2 Å². The van der Waals surface area contributed by atoms with E-state index in [-0.39, 0.29) is 11.9 Å². The number of halogens is 1. The summed E-state index contributed by atoms with van der Waals surface area (Å²) in [4.78, 5) is 22.0. The van der Waals surface area contributed by atoms with Crippen LogP contribution in [0.25, 0.3) is 0 Å². The summed E-state index contributed by atoms with van der Waals surface area (Å²) in [5.74, 6) is 1.20. The molecule has 1 aromatic heterocycles. The molecule has 27 heavy (non-hydrogen) atoms. The maximum atomic E-state index is 13.2. The number of carbonyl (C=O) groups excluding carboxylic acids is 1. The Morgan fingerprint density at radius 3 is 2.59 bits per heavy atom. The molecule has 1 saturated carbocycles. The molecule has 1 aromatic rings. The smallest absolute Gasteiger partial charge is 0.239 e. The Morgan fingerprint density at radius 1 is 1.30 bits per heavy atom. The van der Waals surface area contributed by atoms with E-state index in [0.29, 0.717) is 24.7 Å². The van der Waals surface area contributed by atoms with Crippen LogP contribution >= 0.6 is 15.9 Å². The van der Waals surface area contributed by atoms with Gasteiger partial charge in [0.1, 0.15) is 5.54 Å². The highest BCUT2D eigenvalue weighted by atomic mass is 79.9. The molecule has 7 heteroatoms. The fourth-order valence-electron chi connectivity index (χ4n) is 5.33. The fourth-order valence-corrected chi connectivity index (χ4v) is 5.65. The number of likely N-dealkylation sites (tertiary alicyclic amines) is 1. The Bertz CT molecular complexity index is 846. The first kappa shape index (κ1) is 17.6. The largest absolute Gasteiger partial charge is 0.381 e. The monoisotopic (exact) mass is 430 g/mol. The third-order valence-electron chi connectivity index (χ3n) is 7.00. The highest BCUT2D eigenvalue weighted by Crippen LogP contribution is 2.50. The van der Waals surface area contributed by atoms with Gasteiger partial charge in [0.15, 0.2) is 0 Å². The minimum Gasteiger partial charge on any atom is -0.381 e. The van der Waals surface area contributed by atoms with Gasteiger partial charge in [0, 0.05) is 54.5 Å². The molecule has 4 heterocycles. The van der Waals surface area contributed by atoms with Gasteiger partial charge in [-0.05, 0) is 35.8 Å². The van der Waals surface area contributed by atoms with E-state index in [1.165, 1.54) is 0 Å². The maximum absolute atomic E-state index is 13.2. The van der Waals surface area contributed by atoms with Gasteiger partial charge in [0.2, 0.25) is 5.91 Å². The summed E-state index contributed by atoms with van der Waals surface area (Å²) >= 11 is 3.48. The summed E-state index contributed by atoms with van der Waals surface area (Å²) in [6.07, 6.45) is 3.16. The third kappa shape index (κ3) is 2.36. The van der Waals surface area contributed by atoms with E-state index in [1.807, 2.05) is 24.8 Å². The number of hydrogen-bond acceptors (Lipinski definition) is 5. The van der Waals surface area contributed by atoms with Crippen molar-refractivity contribution < 1.29 is 9.53 Å². The number of carbonyl (C=O) groups is 1. The number of nitrogens with zero attached hydrogens (tertiary/aromatic N) is 4. The highest BCUT2D eigenvalue weighted by molar-refractivity contribution is 9.10. The quantitative estimate of drug-likeness (QED) is 0.720. The van der Waals surface area contributed by atoms with Crippen molar-refractivity contribution in [1.82, 2.24) is 9.88 Å². The number of pyridine rings is 1. The van der Waals surface area contributed by atoms with Crippen LogP contribution in [0.5, 0.6) is 0 Å². The summed E-state index contributed by atoms with van der Waals surface area (Å²) in [6.45, 7) is 7.39. The lowest BCUT2D eigenvalue weighted by Gasteiger charge is -2.51. The topological polar surface area (TPSA) is 69.5 Å². The predicted molar refractivity (Wildman–Crippen MR) is 103 cm³/mol. The fraction of sp³-hybridized carbons (Fsp3) is 0.650. The minimum absolute atomic E-state index is 0.0606. The average Bonchev–Trinajstić information content (AvgIpc) is 3.22. The molecule has 0 aromatic carbocycles. The van der Waals surface area contributed by atoms with E-state index in [4.69, 9.17) is 4.74 Å². The lowest BCUT2D eigenvalue weighted by molar-refractivity contribution is -0.123. The van der Waals surface area contributed by atoms with Crippen molar-refractivity contribution in [2.45, 2.75) is 43.7 Å². The van der Waals surface area contributed by atoms with E-state index >= 15 is 0 Å². The molecule has 0 spiro atoms. The molecule has 1 amide bonds. The number of fused-ring (bicyclic) bond motifs is 2. The number of hydrogen-bond donors (Lipinski definition) is 0. The number of aromatic nitrogens is 1. The van der Waals surface area contributed by atoms with Crippen molar-refractivity contribution in [2.75, 3.05) is 31.2 Å². The first-order chi connectivity index (χ1) is 12.9. The van der Waals surface area contributed by atoms with Crippen molar-refractivity contribution in [2.24, 2.45) is 11.8 Å². The van der Waals surface area contributed by atoms with Gasteiger partial charge < -0.3 is 9.64 Å². The summed E-state index contributed by atoms with van der Waals surface area (Å²) in [7, 11) is 0. The van der Waals surface area contributed by atoms with Crippen LogP contribution in [0, 0.1) is 23.2 Å². The molecule has 0 radical (unpaired) electrons. The second-order valence-corrected chi connectivity index (χ2v) is 9.91. The lowest BCUT2D eigenvalue weighted by Crippen LogP contribution is -2.63. The summed E-state index contributed by atoms with van der Waals surface area (Å²) in [5, 5.41) is 9.98. The number of ether oxygens (including phenoxy) is 1. The van der Waals surface area contributed by atoms with Gasteiger partial charge in [-0.15, -0.1) is 0 Å².